The number of ether oxygens (including phenoxy) is 1. The highest BCUT2D eigenvalue weighted by Crippen LogP contribution is 2.17. The van der Waals surface area contributed by atoms with Gasteiger partial charge in [0.25, 0.3) is 5.91 Å². The normalized spacial score (nSPS) is 16.7. The van der Waals surface area contributed by atoms with Crippen LogP contribution in [0.4, 0.5) is 0 Å². The Kier molecular flexibility index (Phi) is 4.86. The highest BCUT2D eigenvalue weighted by Gasteiger charge is 2.20. The predicted octanol–water partition coefficient (Wildman–Crippen LogP) is 2.93. The van der Waals surface area contributed by atoms with Crippen LogP contribution in [0, 0.1) is 9.49 Å². The predicted molar refractivity (Wildman–Crippen MR) is 79.6 cm³/mol. The minimum atomic E-state index is 0.0976. The molecule has 0 saturated carbocycles. The fourth-order valence-corrected chi connectivity index (χ4v) is 2.38. The summed E-state index contributed by atoms with van der Waals surface area (Å²) in [6, 6.07) is 7.74. The summed E-state index contributed by atoms with van der Waals surface area (Å²) in [5.41, 5.74) is 0. The number of hydrogen-bond donors (Lipinski definition) is 0. The SMILES string of the molecule is CC1CCN(C(=O)COc2ccc(I)cc2)CC1. The average Bonchev–Trinajstić information content (AvgIpc) is 2.38. The van der Waals surface area contributed by atoms with Gasteiger partial charge in [-0.3, -0.25) is 4.79 Å². The third-order valence-corrected chi connectivity index (χ3v) is 4.03. The average molecular weight is 359 g/mol. The molecule has 1 fully saturated rings. The second-order valence-corrected chi connectivity index (χ2v) is 6.05. The van der Waals surface area contributed by atoms with E-state index in [0.717, 1.165) is 41.2 Å². The van der Waals surface area contributed by atoms with Crippen molar-refractivity contribution in [1.29, 1.82) is 0 Å². The van der Waals surface area contributed by atoms with Crippen molar-refractivity contribution in [2.45, 2.75) is 19.8 Å². The van der Waals surface area contributed by atoms with Gasteiger partial charge in [-0.25, -0.2) is 0 Å². The molecule has 1 aromatic carbocycles. The van der Waals surface area contributed by atoms with Gasteiger partial charge in [0.2, 0.25) is 0 Å². The van der Waals surface area contributed by atoms with Crippen molar-refractivity contribution >= 4 is 28.5 Å². The van der Waals surface area contributed by atoms with E-state index in [1.54, 1.807) is 0 Å². The maximum Gasteiger partial charge on any atom is 0.260 e. The minimum Gasteiger partial charge on any atom is -0.484 e. The zero-order valence-electron chi connectivity index (χ0n) is 10.6. The molecule has 0 N–H and O–H groups in total. The lowest BCUT2D eigenvalue weighted by Crippen LogP contribution is -2.40. The zero-order chi connectivity index (χ0) is 13.0. The maximum absolute atomic E-state index is 11.9. The van der Waals surface area contributed by atoms with Crippen LogP contribution >= 0.6 is 22.6 Å². The number of hydrogen-bond acceptors (Lipinski definition) is 2. The number of halogens is 1. The highest BCUT2D eigenvalue weighted by atomic mass is 127. The largest absolute Gasteiger partial charge is 0.484 e. The molecule has 1 amide bonds. The number of benzene rings is 1. The molecule has 0 bridgehead atoms. The summed E-state index contributed by atoms with van der Waals surface area (Å²) < 4.78 is 6.67. The number of rotatable bonds is 3. The Labute approximate surface area is 122 Å². The Morgan fingerprint density at radius 3 is 2.56 bits per heavy atom. The third kappa shape index (κ3) is 3.86. The highest BCUT2D eigenvalue weighted by molar-refractivity contribution is 14.1. The first kappa shape index (κ1) is 13.6. The van der Waals surface area contributed by atoms with Gasteiger partial charge in [-0.15, -0.1) is 0 Å². The van der Waals surface area contributed by atoms with E-state index in [1.807, 2.05) is 29.2 Å². The van der Waals surface area contributed by atoms with E-state index in [9.17, 15) is 4.79 Å². The molecule has 2 rings (SSSR count). The van der Waals surface area contributed by atoms with Gasteiger partial charge in [0.05, 0.1) is 0 Å². The summed E-state index contributed by atoms with van der Waals surface area (Å²) >= 11 is 2.24. The van der Waals surface area contributed by atoms with E-state index in [1.165, 1.54) is 0 Å². The lowest BCUT2D eigenvalue weighted by atomic mass is 9.99. The van der Waals surface area contributed by atoms with Crippen LogP contribution in [0.1, 0.15) is 19.8 Å². The summed E-state index contributed by atoms with van der Waals surface area (Å²) in [6.45, 7) is 4.13. The molecule has 1 aliphatic rings. The molecule has 0 spiro atoms. The molecule has 0 aliphatic carbocycles. The number of amides is 1. The van der Waals surface area contributed by atoms with E-state index in [0.29, 0.717) is 0 Å². The second-order valence-electron chi connectivity index (χ2n) is 4.81. The van der Waals surface area contributed by atoms with Crippen molar-refractivity contribution in [3.8, 4) is 5.75 Å². The van der Waals surface area contributed by atoms with Gasteiger partial charge in [-0.2, -0.15) is 0 Å². The molecule has 0 atom stereocenters. The van der Waals surface area contributed by atoms with Gasteiger partial charge in [-0.05, 0) is 65.6 Å². The lowest BCUT2D eigenvalue weighted by molar-refractivity contribution is -0.134. The van der Waals surface area contributed by atoms with E-state index in [-0.39, 0.29) is 12.5 Å². The summed E-state index contributed by atoms with van der Waals surface area (Å²) in [6.07, 6.45) is 2.21. The molecular formula is C14H18INO2. The van der Waals surface area contributed by atoms with Gasteiger partial charge in [0.15, 0.2) is 6.61 Å². The van der Waals surface area contributed by atoms with Crippen LogP contribution in [0.2, 0.25) is 0 Å². The number of carbonyl (C=O) groups excluding carboxylic acids is 1. The standard InChI is InChI=1S/C14H18INO2/c1-11-6-8-16(9-7-11)14(17)10-18-13-4-2-12(15)3-5-13/h2-5,11H,6-10H2,1H3. The minimum absolute atomic E-state index is 0.0976. The monoisotopic (exact) mass is 359 g/mol. The van der Waals surface area contributed by atoms with Crippen LogP contribution in [0.25, 0.3) is 0 Å². The molecule has 0 unspecified atom stereocenters. The van der Waals surface area contributed by atoms with Crippen LogP contribution in [0.15, 0.2) is 24.3 Å². The van der Waals surface area contributed by atoms with Crippen molar-refractivity contribution < 1.29 is 9.53 Å². The van der Waals surface area contributed by atoms with Crippen LogP contribution in [-0.2, 0) is 4.79 Å². The summed E-state index contributed by atoms with van der Waals surface area (Å²) in [5.74, 6) is 1.60. The van der Waals surface area contributed by atoms with E-state index in [2.05, 4.69) is 29.5 Å². The fraction of sp³-hybridized carbons (Fsp3) is 0.500. The molecule has 1 aromatic rings. The smallest absolute Gasteiger partial charge is 0.260 e. The summed E-state index contributed by atoms with van der Waals surface area (Å²) in [7, 11) is 0. The van der Waals surface area contributed by atoms with Gasteiger partial charge in [-0.1, -0.05) is 6.92 Å². The van der Waals surface area contributed by atoms with Crippen LogP contribution in [-0.4, -0.2) is 30.5 Å². The van der Waals surface area contributed by atoms with Crippen LogP contribution in [0.5, 0.6) is 5.75 Å². The molecule has 1 heterocycles. The second kappa shape index (κ2) is 6.41. The molecule has 1 saturated heterocycles. The van der Waals surface area contributed by atoms with E-state index in [4.69, 9.17) is 4.74 Å². The number of carbonyl (C=O) groups is 1. The summed E-state index contributed by atoms with van der Waals surface area (Å²) in [4.78, 5) is 13.9. The van der Waals surface area contributed by atoms with Crippen molar-refractivity contribution in [2.75, 3.05) is 19.7 Å². The first-order chi connectivity index (χ1) is 8.65. The number of likely N-dealkylation sites (tertiary alicyclic amines) is 1. The first-order valence-corrected chi connectivity index (χ1v) is 7.39. The Bertz CT molecular complexity index is 397. The van der Waals surface area contributed by atoms with Crippen molar-refractivity contribution in [1.82, 2.24) is 4.90 Å². The molecule has 1 aliphatic heterocycles. The molecule has 3 nitrogen and oxygen atoms in total. The third-order valence-electron chi connectivity index (χ3n) is 3.31. The Hall–Kier alpha value is -0.780. The van der Waals surface area contributed by atoms with Crippen molar-refractivity contribution in [3.05, 3.63) is 27.8 Å². The van der Waals surface area contributed by atoms with Gasteiger partial charge >= 0.3 is 0 Å². The lowest BCUT2D eigenvalue weighted by Gasteiger charge is -2.30. The van der Waals surface area contributed by atoms with Gasteiger partial charge in [0.1, 0.15) is 5.75 Å². The molecule has 0 radical (unpaired) electrons. The Morgan fingerprint density at radius 2 is 1.94 bits per heavy atom. The molecule has 18 heavy (non-hydrogen) atoms. The quantitative estimate of drug-likeness (QED) is 0.777. The number of nitrogens with zero attached hydrogens (tertiary/aromatic N) is 1. The van der Waals surface area contributed by atoms with Crippen molar-refractivity contribution in [2.24, 2.45) is 5.92 Å². The Balaban J connectivity index is 1.79. The van der Waals surface area contributed by atoms with Crippen LogP contribution < -0.4 is 4.74 Å². The molecule has 0 aromatic heterocycles. The van der Waals surface area contributed by atoms with E-state index < -0.39 is 0 Å². The van der Waals surface area contributed by atoms with Gasteiger partial charge < -0.3 is 9.64 Å². The first-order valence-electron chi connectivity index (χ1n) is 6.31. The number of piperidine rings is 1. The maximum atomic E-state index is 11.9. The summed E-state index contributed by atoms with van der Waals surface area (Å²) in [5, 5.41) is 0. The van der Waals surface area contributed by atoms with Crippen molar-refractivity contribution in [3.63, 3.8) is 0 Å². The molecule has 98 valence electrons. The zero-order valence-corrected chi connectivity index (χ0v) is 12.7. The van der Waals surface area contributed by atoms with E-state index >= 15 is 0 Å². The molecule has 4 heteroatoms. The topological polar surface area (TPSA) is 29.5 Å². The molecular weight excluding hydrogens is 341 g/mol. The van der Waals surface area contributed by atoms with Gasteiger partial charge in [0, 0.05) is 16.7 Å². The fourth-order valence-electron chi connectivity index (χ4n) is 2.03. The van der Waals surface area contributed by atoms with Crippen LogP contribution in [0.3, 0.4) is 0 Å². The Morgan fingerprint density at radius 1 is 1.33 bits per heavy atom.